The summed E-state index contributed by atoms with van der Waals surface area (Å²) in [4.78, 5) is 26.9. The van der Waals surface area contributed by atoms with E-state index in [-0.39, 0.29) is 6.42 Å². The van der Waals surface area contributed by atoms with Crippen molar-refractivity contribution in [1.29, 1.82) is 0 Å². The van der Waals surface area contributed by atoms with Crippen molar-refractivity contribution in [3.63, 3.8) is 0 Å². The summed E-state index contributed by atoms with van der Waals surface area (Å²) in [6.45, 7) is 0.399. The summed E-state index contributed by atoms with van der Waals surface area (Å²) in [6, 6.07) is -1.80. The van der Waals surface area contributed by atoms with Crippen LogP contribution in [0.15, 0.2) is 63.0 Å². The van der Waals surface area contributed by atoms with Gasteiger partial charge in [-0.1, -0.05) is 24.3 Å². The zero-order chi connectivity index (χ0) is 25.1. The van der Waals surface area contributed by atoms with Gasteiger partial charge in [0.05, 0.1) is 6.04 Å². The Morgan fingerprint density at radius 3 is 2.69 bits per heavy atom. The zero-order valence-corrected chi connectivity index (χ0v) is 19.6. The molecule has 3 heterocycles. The third-order valence-electron chi connectivity index (χ3n) is 6.89. The van der Waals surface area contributed by atoms with E-state index in [2.05, 4.69) is 0 Å². The van der Waals surface area contributed by atoms with Gasteiger partial charge in [0.2, 0.25) is 5.43 Å². The molecule has 0 saturated carbocycles. The minimum Gasteiger partial charge on any atom is -0.502 e. The number of amides is 1. The molecule has 35 heavy (non-hydrogen) atoms. The van der Waals surface area contributed by atoms with E-state index in [0.29, 0.717) is 34.6 Å². The number of halogens is 4. The molecule has 4 aliphatic rings. The predicted molar refractivity (Wildman–Crippen MR) is 124 cm³/mol. The van der Waals surface area contributed by atoms with Crippen molar-refractivity contribution >= 4 is 17.7 Å². The molecule has 0 aromatic carbocycles. The lowest BCUT2D eigenvalue weighted by molar-refractivity contribution is -0.173. The quantitative estimate of drug-likeness (QED) is 0.607. The molecule has 1 N–H and O–H groups in total. The fraction of sp³-hybridized carbons (Fsp3) is 0.417. The Labute approximate surface area is 202 Å². The molecular weight excluding hydrogens is 486 g/mol. The van der Waals surface area contributed by atoms with Crippen molar-refractivity contribution in [2.75, 3.05) is 17.4 Å². The van der Waals surface area contributed by atoms with Crippen LogP contribution in [-0.2, 0) is 0 Å². The van der Waals surface area contributed by atoms with Crippen LogP contribution in [0.2, 0.25) is 0 Å². The van der Waals surface area contributed by atoms with Crippen molar-refractivity contribution in [3.8, 4) is 5.75 Å². The number of carbonyl (C=O) groups is 1. The molecule has 11 heteroatoms. The highest BCUT2D eigenvalue weighted by Gasteiger charge is 2.48. The van der Waals surface area contributed by atoms with Crippen LogP contribution < -0.4 is 10.4 Å². The second kappa shape index (κ2) is 8.61. The number of allylic oxidation sites excluding steroid dienone is 3. The van der Waals surface area contributed by atoms with Crippen molar-refractivity contribution in [2.24, 2.45) is 0 Å². The number of hydrogen-bond donors (Lipinski definition) is 1. The van der Waals surface area contributed by atoms with Gasteiger partial charge in [0.15, 0.2) is 11.4 Å². The maximum atomic E-state index is 15.1. The molecule has 1 aromatic rings. The third-order valence-corrected chi connectivity index (χ3v) is 8.06. The first-order chi connectivity index (χ1) is 16.6. The van der Waals surface area contributed by atoms with Crippen molar-refractivity contribution in [1.82, 2.24) is 9.58 Å². The van der Waals surface area contributed by atoms with E-state index in [1.54, 1.807) is 12.2 Å². The summed E-state index contributed by atoms with van der Waals surface area (Å²) in [5.41, 5.74) is 0.687. The Morgan fingerprint density at radius 1 is 1.17 bits per heavy atom. The molecule has 1 amide bonds. The lowest BCUT2D eigenvalue weighted by Gasteiger charge is -2.47. The molecule has 186 valence electrons. The standard InChI is InChI=1S/C24H23F4N3O3S/c1-13(24(26,27)28)29-12-31(30-10-9-18(32)22(33)21(30)23(29)34)20-14-6-4-7-17(25)16(14)11-35-19-8-3-2-5-15(19)20/h3-4,6,8-10,13,17,20,33H,2,5,7,11-12H2,1H3/t13-,17?,20-/m0/s1. The highest BCUT2D eigenvalue weighted by molar-refractivity contribution is 8.03. The minimum atomic E-state index is -4.73. The number of aromatic nitrogens is 1. The van der Waals surface area contributed by atoms with E-state index < -0.39 is 53.9 Å². The van der Waals surface area contributed by atoms with Crippen LogP contribution in [0.5, 0.6) is 5.75 Å². The van der Waals surface area contributed by atoms with Gasteiger partial charge in [0.1, 0.15) is 18.9 Å². The highest BCUT2D eigenvalue weighted by atomic mass is 32.2. The number of hydrogen-bond acceptors (Lipinski definition) is 5. The first-order valence-corrected chi connectivity index (χ1v) is 12.2. The Hall–Kier alpha value is -2.95. The number of aromatic hydroxyl groups is 1. The SMILES string of the molecule is C[C@H](N1CN([C@H]2C3=C(CSC4=C2CCC=C4)C(F)CC=C3)n2ccc(=O)c(O)c2C1=O)C(F)(F)F. The molecule has 0 fully saturated rings. The number of carbonyl (C=O) groups excluding carboxylic acids is 1. The molecule has 0 saturated heterocycles. The predicted octanol–water partition coefficient (Wildman–Crippen LogP) is 4.17. The van der Waals surface area contributed by atoms with Crippen LogP contribution in [0.1, 0.15) is 36.7 Å². The van der Waals surface area contributed by atoms with Gasteiger partial charge in [-0.05, 0) is 36.5 Å². The normalized spacial score (nSPS) is 25.3. The van der Waals surface area contributed by atoms with E-state index in [4.69, 9.17) is 0 Å². The molecule has 2 aliphatic carbocycles. The van der Waals surface area contributed by atoms with Gasteiger partial charge >= 0.3 is 6.18 Å². The smallest absolute Gasteiger partial charge is 0.408 e. The summed E-state index contributed by atoms with van der Waals surface area (Å²) in [6.07, 6.45) is 4.31. The highest BCUT2D eigenvalue weighted by Crippen LogP contribution is 2.43. The van der Waals surface area contributed by atoms with Gasteiger partial charge in [0.25, 0.3) is 5.91 Å². The number of nitrogens with zero attached hydrogens (tertiary/aromatic N) is 3. The number of alkyl halides is 4. The van der Waals surface area contributed by atoms with Gasteiger partial charge < -0.3 is 10.0 Å². The van der Waals surface area contributed by atoms with Crippen LogP contribution >= 0.6 is 11.8 Å². The van der Waals surface area contributed by atoms with Crippen LogP contribution in [-0.4, -0.2) is 57.4 Å². The van der Waals surface area contributed by atoms with Gasteiger partial charge in [-0.2, -0.15) is 13.2 Å². The molecular formula is C24H23F4N3O3S. The summed E-state index contributed by atoms with van der Waals surface area (Å²) in [5.74, 6) is -1.61. The van der Waals surface area contributed by atoms with Crippen molar-refractivity contribution < 1.29 is 27.5 Å². The summed E-state index contributed by atoms with van der Waals surface area (Å²) in [7, 11) is 0. The molecule has 0 spiro atoms. The zero-order valence-electron chi connectivity index (χ0n) is 18.8. The maximum absolute atomic E-state index is 15.1. The Morgan fingerprint density at radius 2 is 1.94 bits per heavy atom. The maximum Gasteiger partial charge on any atom is 0.408 e. The van der Waals surface area contributed by atoms with Crippen LogP contribution in [0, 0.1) is 0 Å². The van der Waals surface area contributed by atoms with Crippen molar-refractivity contribution in [3.05, 3.63) is 74.1 Å². The van der Waals surface area contributed by atoms with Crippen LogP contribution in [0.4, 0.5) is 17.6 Å². The van der Waals surface area contributed by atoms with Gasteiger partial charge in [0, 0.05) is 29.3 Å². The molecule has 3 atom stereocenters. The van der Waals surface area contributed by atoms with E-state index in [9.17, 15) is 27.9 Å². The summed E-state index contributed by atoms with van der Waals surface area (Å²) >= 11 is 1.49. The lowest BCUT2D eigenvalue weighted by atomic mass is 9.85. The number of thioether (sulfide) groups is 1. The van der Waals surface area contributed by atoms with Gasteiger partial charge in [-0.15, -0.1) is 11.8 Å². The van der Waals surface area contributed by atoms with Crippen LogP contribution in [0.25, 0.3) is 0 Å². The lowest BCUT2D eigenvalue weighted by Crippen LogP contribution is -2.62. The van der Waals surface area contributed by atoms with Gasteiger partial charge in [-0.25, -0.2) is 4.39 Å². The second-order valence-corrected chi connectivity index (χ2v) is 9.92. The molecule has 1 unspecified atom stereocenters. The van der Waals surface area contributed by atoms with Crippen LogP contribution in [0.3, 0.4) is 0 Å². The summed E-state index contributed by atoms with van der Waals surface area (Å²) in [5, 5.41) is 12.0. The fourth-order valence-electron chi connectivity index (χ4n) is 4.98. The second-order valence-electron chi connectivity index (χ2n) is 8.90. The van der Waals surface area contributed by atoms with Crippen molar-refractivity contribution in [2.45, 2.75) is 50.6 Å². The first kappa shape index (κ1) is 23.8. The molecule has 0 radical (unpaired) electrons. The third kappa shape index (κ3) is 3.89. The largest absolute Gasteiger partial charge is 0.502 e. The van der Waals surface area contributed by atoms with Gasteiger partial charge in [-0.3, -0.25) is 19.3 Å². The number of pyridine rings is 1. The molecule has 5 rings (SSSR count). The van der Waals surface area contributed by atoms with E-state index in [1.807, 2.05) is 12.2 Å². The first-order valence-electron chi connectivity index (χ1n) is 11.2. The number of fused-ring (bicyclic) bond motifs is 1. The Kier molecular flexibility index (Phi) is 5.85. The average Bonchev–Trinajstić information content (AvgIpc) is 2.98. The summed E-state index contributed by atoms with van der Waals surface area (Å²) < 4.78 is 57.6. The van der Waals surface area contributed by atoms with E-state index in [0.717, 1.165) is 23.5 Å². The Balaban J connectivity index is 1.75. The average molecular weight is 510 g/mol. The monoisotopic (exact) mass is 509 g/mol. The molecule has 0 bridgehead atoms. The van der Waals surface area contributed by atoms with E-state index in [1.165, 1.54) is 27.6 Å². The molecule has 2 aliphatic heterocycles. The fourth-order valence-corrected chi connectivity index (χ4v) is 6.23. The molecule has 1 aromatic heterocycles. The minimum absolute atomic E-state index is 0.215. The Bertz CT molecular complexity index is 1260. The van der Waals surface area contributed by atoms with E-state index >= 15 is 4.39 Å². The topological polar surface area (TPSA) is 65.8 Å². The molecule has 6 nitrogen and oxygen atoms in total. The number of rotatable bonds is 2.